The molecule has 10 heavy (non-hydrogen) atoms. The Morgan fingerprint density at radius 2 is 1.90 bits per heavy atom. The number of hydrogen-bond donors (Lipinski definition) is 3. The van der Waals surface area contributed by atoms with Crippen LogP contribution in [0.2, 0.25) is 0 Å². The quantitative estimate of drug-likeness (QED) is 0.428. The Labute approximate surface area is 59.0 Å². The lowest BCUT2D eigenvalue weighted by Crippen LogP contribution is -2.47. The van der Waals surface area contributed by atoms with Gasteiger partial charge < -0.3 is 0 Å². The summed E-state index contributed by atoms with van der Waals surface area (Å²) >= 11 is 0. The second-order valence-electron chi connectivity index (χ2n) is 1.68. The van der Waals surface area contributed by atoms with E-state index in [2.05, 4.69) is 0 Å². The first-order valence-electron chi connectivity index (χ1n) is 2.40. The first-order chi connectivity index (χ1) is 4.42. The minimum absolute atomic E-state index is 0.379. The lowest BCUT2D eigenvalue weighted by molar-refractivity contribution is -0.120. The smallest absolute Gasteiger partial charge is 0.232 e. The van der Waals surface area contributed by atoms with Crippen molar-refractivity contribution in [2.45, 2.75) is 6.92 Å². The molecule has 0 spiro atoms. The largest absolute Gasteiger partial charge is 0.277 e. The Balaban J connectivity index is 3.49. The van der Waals surface area contributed by atoms with E-state index in [1.54, 1.807) is 0 Å². The fourth-order valence-corrected chi connectivity index (χ4v) is 0.443. The molecule has 0 atom stereocenters. The Morgan fingerprint density at radius 3 is 2.20 bits per heavy atom. The second kappa shape index (κ2) is 3.49. The highest BCUT2D eigenvalue weighted by Gasteiger charge is 1.97. The topological polar surface area (TPSA) is 87.3 Å². The van der Waals surface area contributed by atoms with E-state index in [0.29, 0.717) is 0 Å². The number of nitrogens with one attached hydrogen (secondary N) is 3. The molecule has 0 fully saturated rings. The maximum absolute atomic E-state index is 10.3. The van der Waals surface area contributed by atoms with Crippen LogP contribution in [-0.2, 0) is 14.8 Å². The molecule has 0 bridgehead atoms. The van der Waals surface area contributed by atoms with E-state index in [1.807, 2.05) is 15.8 Å². The van der Waals surface area contributed by atoms with Gasteiger partial charge in [-0.25, -0.2) is 8.42 Å². The van der Waals surface area contributed by atoms with Gasteiger partial charge in [0.05, 0.1) is 6.26 Å². The maximum Gasteiger partial charge on any atom is 0.232 e. The molecule has 0 aliphatic heterocycles. The van der Waals surface area contributed by atoms with Crippen molar-refractivity contribution in [1.29, 1.82) is 0 Å². The Hall–Kier alpha value is -0.660. The van der Waals surface area contributed by atoms with Crippen LogP contribution < -0.4 is 15.8 Å². The Bertz CT molecular complexity index is 209. The van der Waals surface area contributed by atoms with Crippen molar-refractivity contribution in [3.05, 3.63) is 0 Å². The SMILES string of the molecule is CC(=O)NNNS(C)(=O)=O. The van der Waals surface area contributed by atoms with Gasteiger partial charge in [-0.15, -0.1) is 4.83 Å². The Kier molecular flexibility index (Phi) is 3.26. The standard InChI is InChI=1S/C3H9N3O3S/c1-3(7)4-5-6-10(2,8)9/h5-6H,1-2H3,(H,4,7). The molecule has 0 aliphatic carbocycles. The van der Waals surface area contributed by atoms with Crippen molar-refractivity contribution < 1.29 is 13.2 Å². The highest BCUT2D eigenvalue weighted by atomic mass is 32.2. The van der Waals surface area contributed by atoms with Gasteiger partial charge in [-0.05, 0) is 0 Å². The predicted octanol–water partition coefficient (Wildman–Crippen LogP) is -1.91. The van der Waals surface area contributed by atoms with Crippen LogP contribution in [0.5, 0.6) is 0 Å². The highest BCUT2D eigenvalue weighted by Crippen LogP contribution is 1.64. The molecule has 3 N–H and O–H groups in total. The summed E-state index contributed by atoms with van der Waals surface area (Å²) in [6.45, 7) is 1.25. The average Bonchev–Trinajstić information content (AvgIpc) is 1.59. The molecular weight excluding hydrogens is 158 g/mol. The third-order valence-corrected chi connectivity index (χ3v) is 0.948. The van der Waals surface area contributed by atoms with E-state index >= 15 is 0 Å². The fourth-order valence-electron chi connectivity index (χ4n) is 0.206. The lowest BCUT2D eigenvalue weighted by atomic mass is 10.8. The average molecular weight is 167 g/mol. The van der Waals surface area contributed by atoms with Crippen LogP contribution in [-0.4, -0.2) is 20.6 Å². The van der Waals surface area contributed by atoms with E-state index in [-0.39, 0.29) is 5.91 Å². The maximum atomic E-state index is 10.3. The Morgan fingerprint density at radius 1 is 1.40 bits per heavy atom. The van der Waals surface area contributed by atoms with Crippen LogP contribution in [0.25, 0.3) is 0 Å². The van der Waals surface area contributed by atoms with Gasteiger partial charge in [-0.2, -0.15) is 5.53 Å². The van der Waals surface area contributed by atoms with E-state index in [9.17, 15) is 13.2 Å². The first-order valence-corrected chi connectivity index (χ1v) is 4.29. The van der Waals surface area contributed by atoms with Gasteiger partial charge in [0.1, 0.15) is 0 Å². The molecule has 7 heteroatoms. The molecule has 0 heterocycles. The third-order valence-electron chi connectivity index (χ3n) is 0.475. The van der Waals surface area contributed by atoms with Gasteiger partial charge in [-0.3, -0.25) is 10.2 Å². The van der Waals surface area contributed by atoms with E-state index < -0.39 is 10.0 Å². The van der Waals surface area contributed by atoms with Crippen LogP contribution >= 0.6 is 0 Å². The molecular formula is C3H9N3O3S. The molecule has 0 saturated heterocycles. The summed E-state index contributed by atoms with van der Waals surface area (Å²) in [5, 5.41) is 0. The number of sulfonamides is 1. The van der Waals surface area contributed by atoms with Crippen LogP contribution in [0.3, 0.4) is 0 Å². The molecule has 60 valence electrons. The lowest BCUT2D eigenvalue weighted by Gasteiger charge is -2.02. The highest BCUT2D eigenvalue weighted by molar-refractivity contribution is 7.88. The number of amides is 1. The summed E-state index contributed by atoms with van der Waals surface area (Å²) < 4.78 is 20.6. The second-order valence-corrected chi connectivity index (χ2v) is 3.43. The number of hydrazine groups is 2. The van der Waals surface area contributed by atoms with Gasteiger partial charge in [0.15, 0.2) is 0 Å². The van der Waals surface area contributed by atoms with Crippen molar-refractivity contribution in [3.63, 3.8) is 0 Å². The van der Waals surface area contributed by atoms with Crippen molar-refractivity contribution in [3.8, 4) is 0 Å². The van der Waals surface area contributed by atoms with Gasteiger partial charge in [0.25, 0.3) is 0 Å². The first kappa shape index (κ1) is 9.34. The molecule has 0 saturated carbocycles. The van der Waals surface area contributed by atoms with Gasteiger partial charge in [0.2, 0.25) is 15.9 Å². The van der Waals surface area contributed by atoms with Crippen molar-refractivity contribution in [2.24, 2.45) is 0 Å². The number of carbonyl (C=O) groups excluding carboxylic acids is 1. The van der Waals surface area contributed by atoms with Crippen molar-refractivity contribution in [1.82, 2.24) is 15.8 Å². The number of carbonyl (C=O) groups is 1. The van der Waals surface area contributed by atoms with E-state index in [1.165, 1.54) is 6.92 Å². The molecule has 0 radical (unpaired) electrons. The molecule has 0 rings (SSSR count). The summed E-state index contributed by atoms with van der Waals surface area (Å²) in [7, 11) is -3.30. The summed E-state index contributed by atoms with van der Waals surface area (Å²) in [6, 6.07) is 0. The van der Waals surface area contributed by atoms with E-state index in [4.69, 9.17) is 0 Å². The summed E-state index contributed by atoms with van der Waals surface area (Å²) in [5.41, 5.74) is 4.01. The molecule has 0 aliphatic rings. The minimum atomic E-state index is -3.30. The van der Waals surface area contributed by atoms with E-state index in [0.717, 1.165) is 6.26 Å². The number of rotatable bonds is 3. The van der Waals surface area contributed by atoms with Gasteiger partial charge in [-0.1, -0.05) is 0 Å². The van der Waals surface area contributed by atoms with Crippen molar-refractivity contribution >= 4 is 15.9 Å². The summed E-state index contributed by atoms with van der Waals surface area (Å²) in [6.07, 6.45) is 0.960. The molecule has 0 aromatic rings. The zero-order valence-corrected chi connectivity index (χ0v) is 6.45. The molecule has 0 unspecified atom stereocenters. The zero-order chi connectivity index (χ0) is 8.20. The normalized spacial score (nSPS) is 11.0. The number of hydrogen-bond acceptors (Lipinski definition) is 4. The molecule has 1 amide bonds. The van der Waals surface area contributed by atoms with Gasteiger partial charge in [0, 0.05) is 6.92 Å². The van der Waals surface area contributed by atoms with Crippen LogP contribution in [0, 0.1) is 0 Å². The molecule has 0 aromatic heterocycles. The van der Waals surface area contributed by atoms with Crippen LogP contribution in [0.15, 0.2) is 0 Å². The third kappa shape index (κ3) is 7.34. The zero-order valence-electron chi connectivity index (χ0n) is 5.63. The monoisotopic (exact) mass is 167 g/mol. The van der Waals surface area contributed by atoms with Crippen molar-refractivity contribution in [2.75, 3.05) is 6.26 Å². The summed E-state index contributed by atoms with van der Waals surface area (Å²) in [5.74, 6) is -0.379. The molecule has 6 nitrogen and oxygen atoms in total. The van der Waals surface area contributed by atoms with Crippen LogP contribution in [0.4, 0.5) is 0 Å². The van der Waals surface area contributed by atoms with Gasteiger partial charge >= 0.3 is 0 Å². The predicted molar refractivity (Wildman–Crippen MR) is 34.9 cm³/mol. The van der Waals surface area contributed by atoms with Crippen LogP contribution in [0.1, 0.15) is 6.92 Å². The minimum Gasteiger partial charge on any atom is -0.277 e. The summed E-state index contributed by atoms with van der Waals surface area (Å²) in [4.78, 5) is 12.0. The fraction of sp³-hybridized carbons (Fsp3) is 0.667. The molecule has 0 aromatic carbocycles.